The van der Waals surface area contributed by atoms with Gasteiger partial charge in [0.1, 0.15) is 11.8 Å². The van der Waals surface area contributed by atoms with E-state index in [1.165, 1.54) is 0 Å². The first kappa shape index (κ1) is 14.4. The molecule has 0 aliphatic heterocycles. The van der Waals surface area contributed by atoms with Gasteiger partial charge in [0, 0.05) is 18.2 Å². The number of nitrogens with one attached hydrogen (secondary N) is 2. The number of ether oxygens (including phenoxy) is 1. The Balaban J connectivity index is 1.86. The Kier molecular flexibility index (Phi) is 4.97. The Morgan fingerprint density at radius 2 is 2.25 bits per heavy atom. The van der Waals surface area contributed by atoms with Crippen LogP contribution in [0.1, 0.15) is 25.3 Å². The van der Waals surface area contributed by atoms with Gasteiger partial charge < -0.3 is 15.4 Å². The molecule has 0 heterocycles. The SMILES string of the molecule is CC(NCc1ccccc1OCC#N)C(=O)NC1CC1. The fourth-order valence-corrected chi connectivity index (χ4v) is 1.81. The number of amides is 1. The molecule has 106 valence electrons. The second-order valence-electron chi connectivity index (χ2n) is 4.94. The molecule has 2 N–H and O–H groups in total. The molecule has 1 aliphatic carbocycles. The molecular formula is C15H19N3O2. The number of carbonyl (C=O) groups is 1. The van der Waals surface area contributed by atoms with Gasteiger partial charge in [-0.05, 0) is 25.8 Å². The van der Waals surface area contributed by atoms with Crippen molar-refractivity contribution >= 4 is 5.91 Å². The monoisotopic (exact) mass is 273 g/mol. The number of carbonyl (C=O) groups excluding carboxylic acids is 1. The molecular weight excluding hydrogens is 254 g/mol. The van der Waals surface area contributed by atoms with Crippen molar-refractivity contribution in [3.63, 3.8) is 0 Å². The second kappa shape index (κ2) is 6.92. The summed E-state index contributed by atoms with van der Waals surface area (Å²) in [5.41, 5.74) is 0.939. The van der Waals surface area contributed by atoms with Crippen LogP contribution in [0.2, 0.25) is 0 Å². The molecule has 0 bridgehead atoms. The quantitative estimate of drug-likeness (QED) is 0.786. The highest BCUT2D eigenvalue weighted by molar-refractivity contribution is 5.81. The van der Waals surface area contributed by atoms with Crippen molar-refractivity contribution in [3.8, 4) is 11.8 Å². The van der Waals surface area contributed by atoms with Crippen LogP contribution in [0.5, 0.6) is 5.75 Å². The summed E-state index contributed by atoms with van der Waals surface area (Å²) in [6.07, 6.45) is 2.17. The third-order valence-corrected chi connectivity index (χ3v) is 3.18. The van der Waals surface area contributed by atoms with Crippen molar-refractivity contribution in [2.75, 3.05) is 6.61 Å². The van der Waals surface area contributed by atoms with Crippen molar-refractivity contribution in [1.29, 1.82) is 5.26 Å². The molecule has 1 fully saturated rings. The predicted molar refractivity (Wildman–Crippen MR) is 75.0 cm³/mol. The summed E-state index contributed by atoms with van der Waals surface area (Å²) in [7, 11) is 0. The topological polar surface area (TPSA) is 74.1 Å². The third kappa shape index (κ3) is 4.25. The van der Waals surface area contributed by atoms with Gasteiger partial charge in [-0.25, -0.2) is 0 Å². The van der Waals surface area contributed by atoms with E-state index >= 15 is 0 Å². The zero-order valence-electron chi connectivity index (χ0n) is 11.6. The van der Waals surface area contributed by atoms with Crippen molar-refractivity contribution in [1.82, 2.24) is 10.6 Å². The second-order valence-corrected chi connectivity index (χ2v) is 4.94. The van der Waals surface area contributed by atoms with Crippen molar-refractivity contribution in [3.05, 3.63) is 29.8 Å². The first-order valence-electron chi connectivity index (χ1n) is 6.82. The zero-order valence-corrected chi connectivity index (χ0v) is 11.6. The molecule has 1 atom stereocenters. The van der Waals surface area contributed by atoms with Gasteiger partial charge in [-0.15, -0.1) is 0 Å². The van der Waals surface area contributed by atoms with Crippen LogP contribution in [-0.4, -0.2) is 24.6 Å². The average molecular weight is 273 g/mol. The van der Waals surface area contributed by atoms with Crippen molar-refractivity contribution in [2.45, 2.75) is 38.4 Å². The summed E-state index contributed by atoms with van der Waals surface area (Å²) in [4.78, 5) is 11.8. The Morgan fingerprint density at radius 1 is 1.50 bits per heavy atom. The van der Waals surface area contributed by atoms with E-state index in [0.717, 1.165) is 18.4 Å². The molecule has 1 saturated carbocycles. The van der Waals surface area contributed by atoms with Gasteiger partial charge in [-0.2, -0.15) is 5.26 Å². The van der Waals surface area contributed by atoms with Gasteiger partial charge in [-0.1, -0.05) is 18.2 Å². The van der Waals surface area contributed by atoms with Crippen LogP contribution in [0.3, 0.4) is 0 Å². The van der Waals surface area contributed by atoms with Gasteiger partial charge in [-0.3, -0.25) is 4.79 Å². The third-order valence-electron chi connectivity index (χ3n) is 3.18. The summed E-state index contributed by atoms with van der Waals surface area (Å²) in [5, 5.41) is 14.7. The van der Waals surface area contributed by atoms with E-state index in [1.807, 2.05) is 37.3 Å². The molecule has 5 heteroatoms. The fraction of sp³-hybridized carbons (Fsp3) is 0.467. The fourth-order valence-electron chi connectivity index (χ4n) is 1.81. The average Bonchev–Trinajstić information content (AvgIpc) is 3.27. The lowest BCUT2D eigenvalue weighted by Gasteiger charge is -2.15. The normalized spacial score (nSPS) is 15.2. The van der Waals surface area contributed by atoms with E-state index < -0.39 is 0 Å². The maximum absolute atomic E-state index is 11.8. The van der Waals surface area contributed by atoms with Gasteiger partial charge in [0.25, 0.3) is 0 Å². The number of nitriles is 1. The van der Waals surface area contributed by atoms with Crippen LogP contribution in [-0.2, 0) is 11.3 Å². The van der Waals surface area contributed by atoms with Crippen molar-refractivity contribution in [2.24, 2.45) is 0 Å². The lowest BCUT2D eigenvalue weighted by Crippen LogP contribution is -2.42. The standard InChI is InChI=1S/C15H19N3O2/c1-11(15(19)18-13-6-7-13)17-10-12-4-2-3-5-14(12)20-9-8-16/h2-5,11,13,17H,6-7,9-10H2,1H3,(H,18,19). The number of hydrogen-bond donors (Lipinski definition) is 2. The summed E-state index contributed by atoms with van der Waals surface area (Å²) in [6, 6.07) is 9.58. The molecule has 20 heavy (non-hydrogen) atoms. The maximum atomic E-state index is 11.8. The van der Waals surface area contributed by atoms with E-state index in [2.05, 4.69) is 10.6 Å². The van der Waals surface area contributed by atoms with Crippen molar-refractivity contribution < 1.29 is 9.53 Å². The van der Waals surface area contributed by atoms with E-state index in [-0.39, 0.29) is 18.6 Å². The minimum absolute atomic E-state index is 0.0226. The minimum atomic E-state index is -0.250. The molecule has 0 saturated heterocycles. The zero-order chi connectivity index (χ0) is 14.4. The minimum Gasteiger partial charge on any atom is -0.478 e. The van der Waals surface area contributed by atoms with E-state index in [1.54, 1.807) is 0 Å². The molecule has 0 radical (unpaired) electrons. The number of nitrogens with zero attached hydrogens (tertiary/aromatic N) is 1. The highest BCUT2D eigenvalue weighted by Gasteiger charge is 2.25. The number of rotatable bonds is 7. The summed E-state index contributed by atoms with van der Waals surface area (Å²) < 4.78 is 5.35. The Labute approximate surface area is 118 Å². The Morgan fingerprint density at radius 3 is 2.95 bits per heavy atom. The molecule has 0 spiro atoms. The van der Waals surface area contributed by atoms with Gasteiger partial charge in [0.05, 0.1) is 6.04 Å². The largest absolute Gasteiger partial charge is 0.478 e. The van der Waals surface area contributed by atoms with Crippen LogP contribution in [0.15, 0.2) is 24.3 Å². The molecule has 1 aliphatic rings. The van der Waals surface area contributed by atoms with E-state index in [0.29, 0.717) is 18.3 Å². The summed E-state index contributed by atoms with van der Waals surface area (Å²) >= 11 is 0. The van der Waals surface area contributed by atoms with Crippen LogP contribution >= 0.6 is 0 Å². The number of benzene rings is 1. The molecule has 2 rings (SSSR count). The molecule has 0 aromatic heterocycles. The van der Waals surface area contributed by atoms with Gasteiger partial charge >= 0.3 is 0 Å². The maximum Gasteiger partial charge on any atom is 0.237 e. The molecule has 1 unspecified atom stereocenters. The molecule has 1 aromatic carbocycles. The number of para-hydroxylation sites is 1. The summed E-state index contributed by atoms with van der Waals surface area (Å²) in [5.74, 6) is 0.708. The highest BCUT2D eigenvalue weighted by Crippen LogP contribution is 2.19. The Bertz CT molecular complexity index is 506. The highest BCUT2D eigenvalue weighted by atomic mass is 16.5. The lowest BCUT2D eigenvalue weighted by atomic mass is 10.2. The van der Waals surface area contributed by atoms with Crippen LogP contribution in [0.4, 0.5) is 0 Å². The predicted octanol–water partition coefficient (Wildman–Crippen LogP) is 1.35. The molecule has 1 amide bonds. The first-order chi connectivity index (χ1) is 9.70. The van der Waals surface area contributed by atoms with Gasteiger partial charge in [0.2, 0.25) is 5.91 Å². The Hall–Kier alpha value is -2.06. The van der Waals surface area contributed by atoms with E-state index in [9.17, 15) is 4.79 Å². The van der Waals surface area contributed by atoms with Crippen LogP contribution < -0.4 is 15.4 Å². The lowest BCUT2D eigenvalue weighted by molar-refractivity contribution is -0.122. The summed E-state index contributed by atoms with van der Waals surface area (Å²) in [6.45, 7) is 2.39. The van der Waals surface area contributed by atoms with Crippen LogP contribution in [0.25, 0.3) is 0 Å². The molecule has 1 aromatic rings. The number of hydrogen-bond acceptors (Lipinski definition) is 4. The first-order valence-corrected chi connectivity index (χ1v) is 6.82. The molecule has 5 nitrogen and oxygen atoms in total. The van der Waals surface area contributed by atoms with Gasteiger partial charge in [0.15, 0.2) is 6.61 Å². The van der Waals surface area contributed by atoms with E-state index in [4.69, 9.17) is 10.00 Å². The van der Waals surface area contributed by atoms with Crippen LogP contribution in [0, 0.1) is 11.3 Å². The smallest absolute Gasteiger partial charge is 0.237 e.